The van der Waals surface area contributed by atoms with Crippen molar-refractivity contribution in [3.05, 3.63) is 24.3 Å². The van der Waals surface area contributed by atoms with Crippen LogP contribution < -0.4 is 0 Å². The molecule has 1 aliphatic rings. The Bertz CT molecular complexity index is 169. The van der Waals surface area contributed by atoms with Crippen LogP contribution in [0.25, 0.3) is 0 Å². The van der Waals surface area contributed by atoms with Crippen molar-refractivity contribution in [2.45, 2.75) is 23.9 Å². The van der Waals surface area contributed by atoms with Crippen molar-refractivity contribution in [3.8, 4) is 0 Å². The Kier molecular flexibility index (Phi) is 2.06. The Hall–Kier alpha value is 0.350. The first-order chi connectivity index (χ1) is 4.46. The van der Waals surface area contributed by atoms with Gasteiger partial charge in [-0.15, -0.1) is 0 Å². The molecule has 2 radical (unpaired) electrons. The maximum absolute atomic E-state index is 2.33. The second-order valence-corrected chi connectivity index (χ2v) is 6.63. The summed E-state index contributed by atoms with van der Waals surface area (Å²) in [5.41, 5.74) is 0.402. The van der Waals surface area contributed by atoms with Gasteiger partial charge in [0.15, 0.2) is 0 Å². The monoisotopic (exact) mass is 236 g/mol. The van der Waals surface area contributed by atoms with Gasteiger partial charge in [0.05, 0.1) is 0 Å². The van der Waals surface area contributed by atoms with Crippen LogP contribution in [-0.4, -0.2) is 24.4 Å². The Morgan fingerprint density at radius 3 is 1.70 bits per heavy atom. The van der Waals surface area contributed by atoms with E-state index in [4.69, 9.17) is 0 Å². The van der Waals surface area contributed by atoms with Crippen LogP contribution in [0.3, 0.4) is 0 Å². The summed E-state index contributed by atoms with van der Waals surface area (Å²) < 4.78 is 0.401. The van der Waals surface area contributed by atoms with Crippen LogP contribution in [0.4, 0.5) is 0 Å². The van der Waals surface area contributed by atoms with Gasteiger partial charge in [-0.25, -0.2) is 0 Å². The average molecular weight is 236 g/mol. The van der Waals surface area contributed by atoms with Crippen LogP contribution >= 0.6 is 0 Å². The first kappa shape index (κ1) is 8.45. The minimum atomic E-state index is 0.401. The zero-order valence-corrected chi connectivity index (χ0v) is 10.2. The number of allylic oxidation sites excluding steroid dienone is 4. The van der Waals surface area contributed by atoms with Crippen LogP contribution in [-0.2, 0) is 0 Å². The number of hydrogen-bond acceptors (Lipinski definition) is 0. The summed E-state index contributed by atoms with van der Waals surface area (Å²) in [5, 5.41) is 0. The predicted molar refractivity (Wildman–Crippen MR) is 46.2 cm³/mol. The molecule has 0 atom stereocenters. The summed E-state index contributed by atoms with van der Waals surface area (Å²) in [6, 6.07) is 0. The van der Waals surface area contributed by atoms with E-state index in [0.717, 1.165) is 0 Å². The molecule has 0 saturated heterocycles. The van der Waals surface area contributed by atoms with Crippen molar-refractivity contribution < 1.29 is 0 Å². The molecule has 52 valence electrons. The van der Waals surface area contributed by atoms with E-state index in [2.05, 4.69) is 45.1 Å². The van der Waals surface area contributed by atoms with Crippen molar-refractivity contribution in [3.63, 3.8) is 0 Å². The molecule has 0 heterocycles. The molecule has 0 fully saturated rings. The first-order valence-electron chi connectivity index (χ1n) is 3.62. The minimum absolute atomic E-state index is 0.401. The van der Waals surface area contributed by atoms with Gasteiger partial charge in [-0.1, -0.05) is 0 Å². The molecule has 0 aromatic heterocycles. The Balaban J connectivity index is 2.90. The van der Waals surface area contributed by atoms with Gasteiger partial charge in [-0.05, 0) is 0 Å². The summed E-state index contributed by atoms with van der Waals surface area (Å²) in [5.74, 6) is 0. The standard InChI is InChI=1S/C9H13.In/c1-9(2,3)8-6-4-5-7-8;/h4-7H,1-3H3;. The molecule has 0 N–H and O–H groups in total. The average Bonchev–Trinajstić information content (AvgIpc) is 2.13. The van der Waals surface area contributed by atoms with Gasteiger partial charge in [0, 0.05) is 0 Å². The molecule has 0 unspecified atom stereocenters. The van der Waals surface area contributed by atoms with Crippen LogP contribution in [0.2, 0.25) is 3.17 Å². The predicted octanol–water partition coefficient (Wildman–Crippen LogP) is 2.49. The third-order valence-corrected chi connectivity index (χ3v) is 5.72. The SMILES string of the molecule is CC(C)(C)[C]1([In])C=CC=C1. The van der Waals surface area contributed by atoms with Gasteiger partial charge in [0.25, 0.3) is 0 Å². The van der Waals surface area contributed by atoms with Crippen LogP contribution in [0, 0.1) is 5.41 Å². The molecule has 10 heavy (non-hydrogen) atoms. The number of rotatable bonds is 0. The fourth-order valence-electron chi connectivity index (χ4n) is 0.985. The molecule has 1 aliphatic carbocycles. The summed E-state index contributed by atoms with van der Waals surface area (Å²) in [4.78, 5) is 0. The normalized spacial score (nSPS) is 21.9. The third-order valence-electron chi connectivity index (χ3n) is 2.15. The van der Waals surface area contributed by atoms with E-state index in [1.54, 1.807) is 0 Å². The Labute approximate surface area is 78.0 Å². The zero-order chi connectivity index (χ0) is 7.83. The second-order valence-electron chi connectivity index (χ2n) is 3.90. The van der Waals surface area contributed by atoms with Crippen LogP contribution in [0.5, 0.6) is 0 Å². The molecule has 1 rings (SSSR count). The summed E-state index contributed by atoms with van der Waals surface area (Å²) in [7, 11) is 0. The van der Waals surface area contributed by atoms with Crippen molar-refractivity contribution in [2.75, 3.05) is 0 Å². The molecule has 0 amide bonds. The first-order valence-corrected chi connectivity index (χ1v) is 5.26. The summed E-state index contributed by atoms with van der Waals surface area (Å²) >= 11 is 1.28. The van der Waals surface area contributed by atoms with Crippen molar-refractivity contribution in [2.24, 2.45) is 5.41 Å². The fraction of sp³-hybridized carbons (Fsp3) is 0.556. The van der Waals surface area contributed by atoms with Crippen molar-refractivity contribution in [1.29, 1.82) is 0 Å². The van der Waals surface area contributed by atoms with Gasteiger partial charge in [0.1, 0.15) is 0 Å². The van der Waals surface area contributed by atoms with E-state index in [1.165, 1.54) is 24.4 Å². The molecule has 0 aromatic carbocycles. The molecule has 0 spiro atoms. The van der Waals surface area contributed by atoms with E-state index >= 15 is 0 Å². The van der Waals surface area contributed by atoms with Crippen molar-refractivity contribution >= 4 is 24.4 Å². The van der Waals surface area contributed by atoms with Gasteiger partial charge < -0.3 is 0 Å². The molecule has 0 bridgehead atoms. The topological polar surface area (TPSA) is 0 Å². The van der Waals surface area contributed by atoms with Crippen LogP contribution in [0.1, 0.15) is 20.8 Å². The number of hydrogen-bond donors (Lipinski definition) is 0. The molecule has 0 saturated carbocycles. The molecule has 1 heteroatoms. The molecule has 0 aliphatic heterocycles. The van der Waals surface area contributed by atoms with Crippen molar-refractivity contribution in [1.82, 2.24) is 0 Å². The van der Waals surface area contributed by atoms with Gasteiger partial charge in [-0.2, -0.15) is 0 Å². The van der Waals surface area contributed by atoms with E-state index in [1.807, 2.05) is 0 Å². The quantitative estimate of drug-likeness (QED) is 0.606. The molecule has 0 aromatic rings. The second kappa shape index (κ2) is 2.44. The fourth-order valence-corrected chi connectivity index (χ4v) is 1.62. The van der Waals surface area contributed by atoms with Gasteiger partial charge in [0.2, 0.25) is 0 Å². The van der Waals surface area contributed by atoms with Gasteiger partial charge >= 0.3 is 78.0 Å². The van der Waals surface area contributed by atoms with Crippen LogP contribution in [0.15, 0.2) is 24.3 Å². The summed E-state index contributed by atoms with van der Waals surface area (Å²) in [6.45, 7) is 6.91. The maximum atomic E-state index is 2.33. The molecular formula is C9H13In. The third kappa shape index (κ3) is 1.34. The van der Waals surface area contributed by atoms with E-state index in [-0.39, 0.29) is 0 Å². The molecule has 0 nitrogen and oxygen atoms in total. The van der Waals surface area contributed by atoms with E-state index in [9.17, 15) is 0 Å². The van der Waals surface area contributed by atoms with E-state index in [0.29, 0.717) is 8.59 Å². The summed E-state index contributed by atoms with van der Waals surface area (Å²) in [6.07, 6.45) is 8.98. The Morgan fingerprint density at radius 1 is 1.10 bits per heavy atom. The zero-order valence-electron chi connectivity index (χ0n) is 6.89. The molecular weight excluding hydrogens is 223 g/mol. The van der Waals surface area contributed by atoms with E-state index < -0.39 is 0 Å². The van der Waals surface area contributed by atoms with Gasteiger partial charge in [-0.3, -0.25) is 0 Å². The Morgan fingerprint density at radius 2 is 1.50 bits per heavy atom.